The van der Waals surface area contributed by atoms with E-state index in [9.17, 15) is 4.79 Å². The number of nitrogens with one attached hydrogen (secondary N) is 1. The van der Waals surface area contributed by atoms with Gasteiger partial charge in [-0.25, -0.2) is 5.43 Å². The number of hydrazine groups is 1. The zero-order valence-corrected chi connectivity index (χ0v) is 14.1. The molecule has 24 heavy (non-hydrogen) atoms. The van der Waals surface area contributed by atoms with E-state index in [1.165, 1.54) is 24.8 Å². The van der Waals surface area contributed by atoms with Gasteiger partial charge in [0.25, 0.3) is 5.91 Å². The van der Waals surface area contributed by atoms with Gasteiger partial charge >= 0.3 is 0 Å². The number of nitrogens with zero attached hydrogens (tertiary/aromatic N) is 2. The monoisotopic (exact) mass is 327 g/mol. The van der Waals surface area contributed by atoms with E-state index in [4.69, 9.17) is 4.74 Å². The molecular weight excluding hydrogens is 302 g/mol. The number of hydrogen-bond donors (Lipinski definition) is 1. The number of fused-ring (bicyclic) bond motifs is 1. The van der Waals surface area contributed by atoms with E-state index in [1.54, 1.807) is 0 Å². The fourth-order valence-electron chi connectivity index (χ4n) is 3.72. The second-order valence-corrected chi connectivity index (χ2v) is 6.93. The molecule has 2 unspecified atom stereocenters. The minimum atomic E-state index is -0.0911. The van der Waals surface area contributed by atoms with Crippen LogP contribution in [0.25, 0.3) is 0 Å². The lowest BCUT2D eigenvalue weighted by atomic mass is 9.85. The summed E-state index contributed by atoms with van der Waals surface area (Å²) in [5.41, 5.74) is 4.65. The molecule has 128 valence electrons. The van der Waals surface area contributed by atoms with Gasteiger partial charge in [0, 0.05) is 18.9 Å². The molecule has 5 heteroatoms. The van der Waals surface area contributed by atoms with Gasteiger partial charge in [-0.2, -0.15) is 0 Å². The number of rotatable bonds is 5. The van der Waals surface area contributed by atoms with Crippen molar-refractivity contribution >= 4 is 5.91 Å². The summed E-state index contributed by atoms with van der Waals surface area (Å²) in [6, 6.07) is 8.24. The Bertz CT molecular complexity index is 624. The molecule has 1 aromatic rings. The molecule has 0 spiro atoms. The van der Waals surface area contributed by atoms with E-state index in [-0.39, 0.29) is 18.0 Å². The third-order valence-corrected chi connectivity index (χ3v) is 5.35. The van der Waals surface area contributed by atoms with Crippen molar-refractivity contribution in [2.75, 3.05) is 13.2 Å². The van der Waals surface area contributed by atoms with E-state index in [2.05, 4.69) is 17.6 Å². The largest absolute Gasteiger partial charge is 0.494 e. The van der Waals surface area contributed by atoms with E-state index in [0.29, 0.717) is 12.5 Å². The van der Waals surface area contributed by atoms with Gasteiger partial charge in [0.2, 0.25) is 0 Å². The first-order valence-corrected chi connectivity index (χ1v) is 9.00. The molecule has 5 nitrogen and oxygen atoms in total. The van der Waals surface area contributed by atoms with Crippen LogP contribution in [0, 0.1) is 5.92 Å². The molecule has 1 N–H and O–H groups in total. The number of carbonyl (C=O) groups is 1. The summed E-state index contributed by atoms with van der Waals surface area (Å²) in [6.45, 7) is 3.54. The molecule has 1 aromatic carbocycles. The van der Waals surface area contributed by atoms with E-state index < -0.39 is 0 Å². The van der Waals surface area contributed by atoms with Gasteiger partial charge in [-0.3, -0.25) is 4.79 Å². The van der Waals surface area contributed by atoms with Crippen LogP contribution in [0.3, 0.4) is 0 Å². The van der Waals surface area contributed by atoms with Crippen molar-refractivity contribution < 1.29 is 9.53 Å². The molecule has 1 saturated heterocycles. The lowest BCUT2D eigenvalue weighted by molar-refractivity contribution is -0.135. The second-order valence-electron chi connectivity index (χ2n) is 6.93. The second kappa shape index (κ2) is 6.48. The maximum atomic E-state index is 12.8. The summed E-state index contributed by atoms with van der Waals surface area (Å²) in [6.07, 6.45) is 8.59. The average molecular weight is 327 g/mol. The van der Waals surface area contributed by atoms with Gasteiger partial charge in [-0.1, -0.05) is 18.6 Å². The van der Waals surface area contributed by atoms with Crippen molar-refractivity contribution in [1.82, 2.24) is 15.3 Å². The molecule has 4 rings (SSSR count). The van der Waals surface area contributed by atoms with E-state index in [1.807, 2.05) is 41.4 Å². The molecule has 3 aliphatic rings. The van der Waals surface area contributed by atoms with Crippen LogP contribution in [0.15, 0.2) is 36.7 Å². The van der Waals surface area contributed by atoms with Crippen LogP contribution in [-0.2, 0) is 4.79 Å². The fraction of sp³-hybridized carbons (Fsp3) is 0.526. The van der Waals surface area contributed by atoms with Gasteiger partial charge in [-0.15, -0.1) is 0 Å². The lowest BCUT2D eigenvalue weighted by Crippen LogP contribution is -2.49. The Kier molecular flexibility index (Phi) is 4.19. The van der Waals surface area contributed by atoms with Crippen molar-refractivity contribution in [3.8, 4) is 5.75 Å². The smallest absolute Gasteiger partial charge is 0.250 e. The summed E-state index contributed by atoms with van der Waals surface area (Å²) in [5, 5.41) is 1.97. The predicted octanol–water partition coefficient (Wildman–Crippen LogP) is 2.82. The standard InChI is InChI=1S/C19H25N3O2/c1-2-24-16-8-6-15(7-9-16)17-12-18-19(23)21(10-11-22(18)20-17)13-14-4-3-5-14/h6-11,14,17-18,20H,2-5,12-13H2,1H3. The maximum Gasteiger partial charge on any atom is 0.250 e. The Morgan fingerprint density at radius 3 is 2.67 bits per heavy atom. The average Bonchev–Trinajstić information content (AvgIpc) is 2.99. The van der Waals surface area contributed by atoms with Gasteiger partial charge in [0.1, 0.15) is 11.8 Å². The first kappa shape index (κ1) is 15.5. The fourth-order valence-corrected chi connectivity index (χ4v) is 3.72. The van der Waals surface area contributed by atoms with E-state index >= 15 is 0 Å². The number of hydrogen-bond acceptors (Lipinski definition) is 4. The highest BCUT2D eigenvalue weighted by Gasteiger charge is 2.40. The Labute approximate surface area is 143 Å². The van der Waals surface area contributed by atoms with Crippen LogP contribution >= 0.6 is 0 Å². The molecule has 1 amide bonds. The quantitative estimate of drug-likeness (QED) is 0.903. The normalized spacial score (nSPS) is 26.5. The van der Waals surface area contributed by atoms with Crippen LogP contribution in [0.2, 0.25) is 0 Å². The third kappa shape index (κ3) is 2.88. The number of carbonyl (C=O) groups excluding carboxylic acids is 1. The Hall–Kier alpha value is -2.01. The molecular formula is C19H25N3O2. The highest BCUT2D eigenvalue weighted by atomic mass is 16.5. The highest BCUT2D eigenvalue weighted by Crippen LogP contribution is 2.33. The molecule has 1 saturated carbocycles. The lowest BCUT2D eigenvalue weighted by Gasteiger charge is -2.36. The number of ether oxygens (including phenoxy) is 1. The van der Waals surface area contributed by atoms with Crippen molar-refractivity contribution in [1.29, 1.82) is 0 Å². The summed E-state index contributed by atoms with van der Waals surface area (Å²) in [7, 11) is 0. The molecule has 0 bridgehead atoms. The molecule has 0 aromatic heterocycles. The van der Waals surface area contributed by atoms with Gasteiger partial charge in [0.15, 0.2) is 0 Å². The Morgan fingerprint density at radius 2 is 2.00 bits per heavy atom. The minimum absolute atomic E-state index is 0.0911. The van der Waals surface area contributed by atoms with Gasteiger partial charge < -0.3 is 14.6 Å². The van der Waals surface area contributed by atoms with Gasteiger partial charge in [-0.05, 0) is 49.8 Å². The van der Waals surface area contributed by atoms with Crippen molar-refractivity contribution in [2.45, 2.75) is 44.7 Å². The number of benzene rings is 1. The first-order valence-electron chi connectivity index (χ1n) is 9.00. The molecule has 2 fully saturated rings. The van der Waals surface area contributed by atoms with E-state index in [0.717, 1.165) is 18.7 Å². The van der Waals surface area contributed by atoms with Crippen LogP contribution in [0.4, 0.5) is 0 Å². The van der Waals surface area contributed by atoms with Crippen molar-refractivity contribution in [3.63, 3.8) is 0 Å². The molecule has 1 aliphatic carbocycles. The van der Waals surface area contributed by atoms with Crippen LogP contribution in [0.5, 0.6) is 5.75 Å². The molecule has 0 radical (unpaired) electrons. The predicted molar refractivity (Wildman–Crippen MR) is 91.9 cm³/mol. The third-order valence-electron chi connectivity index (χ3n) is 5.35. The minimum Gasteiger partial charge on any atom is -0.494 e. The Morgan fingerprint density at radius 1 is 1.21 bits per heavy atom. The Balaban J connectivity index is 1.42. The zero-order chi connectivity index (χ0) is 16.5. The number of amides is 1. The highest BCUT2D eigenvalue weighted by molar-refractivity contribution is 5.84. The van der Waals surface area contributed by atoms with Crippen LogP contribution < -0.4 is 10.2 Å². The molecule has 2 heterocycles. The van der Waals surface area contributed by atoms with Crippen LogP contribution in [-0.4, -0.2) is 35.0 Å². The topological polar surface area (TPSA) is 44.8 Å². The van der Waals surface area contributed by atoms with Crippen LogP contribution in [0.1, 0.15) is 44.2 Å². The first-order chi connectivity index (χ1) is 11.7. The molecule has 2 atom stereocenters. The summed E-state index contributed by atoms with van der Waals surface area (Å²) < 4.78 is 5.50. The maximum absolute atomic E-state index is 12.8. The molecule has 2 aliphatic heterocycles. The summed E-state index contributed by atoms with van der Waals surface area (Å²) in [4.78, 5) is 14.7. The van der Waals surface area contributed by atoms with Gasteiger partial charge in [0.05, 0.1) is 12.6 Å². The van der Waals surface area contributed by atoms with Crippen molar-refractivity contribution in [2.24, 2.45) is 5.92 Å². The van der Waals surface area contributed by atoms with Crippen molar-refractivity contribution in [3.05, 3.63) is 42.2 Å². The zero-order valence-electron chi connectivity index (χ0n) is 14.1. The SMILES string of the molecule is CCOc1ccc(C2CC3C(=O)N(CC4CCC4)C=CN3N2)cc1. The summed E-state index contributed by atoms with van der Waals surface area (Å²) >= 11 is 0. The summed E-state index contributed by atoms with van der Waals surface area (Å²) in [5.74, 6) is 1.81.